The molecule has 0 spiro atoms. The second kappa shape index (κ2) is 16.4. The van der Waals surface area contributed by atoms with E-state index in [1.54, 1.807) is 63.9 Å². The highest BCUT2D eigenvalue weighted by Crippen LogP contribution is 2.41. The second-order valence-corrected chi connectivity index (χ2v) is 12.0. The first-order chi connectivity index (χ1) is 24.1. The molecule has 266 valence electrons. The van der Waals surface area contributed by atoms with Gasteiger partial charge in [-0.1, -0.05) is 17.7 Å². The molecule has 0 radical (unpaired) electrons. The van der Waals surface area contributed by atoms with Crippen molar-refractivity contribution in [1.82, 2.24) is 19.8 Å². The van der Waals surface area contributed by atoms with Crippen molar-refractivity contribution < 1.29 is 33.2 Å². The highest BCUT2D eigenvalue weighted by atomic mass is 16.6. The number of likely N-dealkylation sites (N-methyl/N-ethyl adjacent to an activating group) is 1. The number of ether oxygens (including phenoxy) is 6. The minimum absolute atomic E-state index is 0.211. The highest BCUT2D eigenvalue weighted by molar-refractivity contribution is 5.98. The molecular weight excluding hydrogens is 640 g/mol. The van der Waals surface area contributed by atoms with Crippen molar-refractivity contribution in [2.75, 3.05) is 85.0 Å². The molecule has 1 aliphatic rings. The summed E-state index contributed by atoms with van der Waals surface area (Å²) in [5.74, 6) is 3.33. The molecule has 5 rings (SSSR count). The van der Waals surface area contributed by atoms with Gasteiger partial charge >= 0.3 is 6.09 Å². The average molecular weight is 687 g/mol. The third-order valence-corrected chi connectivity index (χ3v) is 8.44. The number of carbonyl (C=O) groups is 1. The molecule has 50 heavy (non-hydrogen) atoms. The Bertz CT molecular complexity index is 1750. The van der Waals surface area contributed by atoms with Crippen molar-refractivity contribution in [2.24, 2.45) is 0 Å². The van der Waals surface area contributed by atoms with Crippen LogP contribution in [0.1, 0.15) is 16.7 Å². The second-order valence-electron chi connectivity index (χ2n) is 12.0. The first-order valence-corrected chi connectivity index (χ1v) is 16.4. The van der Waals surface area contributed by atoms with E-state index in [1.165, 1.54) is 12.0 Å². The Morgan fingerprint density at radius 1 is 0.820 bits per heavy atom. The van der Waals surface area contributed by atoms with Gasteiger partial charge in [0.2, 0.25) is 11.7 Å². The molecule has 1 aliphatic heterocycles. The van der Waals surface area contributed by atoms with Crippen molar-refractivity contribution in [3.8, 4) is 34.5 Å². The van der Waals surface area contributed by atoms with Crippen molar-refractivity contribution >= 4 is 29.2 Å². The van der Waals surface area contributed by atoms with E-state index < -0.39 is 6.09 Å². The lowest BCUT2D eigenvalue weighted by molar-refractivity contribution is 0.131. The summed E-state index contributed by atoms with van der Waals surface area (Å²) in [6.45, 7) is 11.2. The van der Waals surface area contributed by atoms with Gasteiger partial charge in [0.1, 0.15) is 29.7 Å². The fraction of sp³-hybridized carbons (Fsp3) is 0.378. The molecule has 1 fully saturated rings. The van der Waals surface area contributed by atoms with Gasteiger partial charge < -0.3 is 38.6 Å². The van der Waals surface area contributed by atoms with E-state index in [2.05, 4.69) is 27.1 Å². The van der Waals surface area contributed by atoms with E-state index in [4.69, 9.17) is 33.4 Å². The Morgan fingerprint density at radius 3 is 2.10 bits per heavy atom. The molecule has 0 saturated carbocycles. The molecule has 1 aromatic heterocycles. The van der Waals surface area contributed by atoms with Gasteiger partial charge in [0, 0.05) is 68.9 Å². The summed E-state index contributed by atoms with van der Waals surface area (Å²) in [4.78, 5) is 29.3. The van der Waals surface area contributed by atoms with Gasteiger partial charge in [-0.3, -0.25) is 4.90 Å². The normalized spacial score (nSPS) is 13.4. The van der Waals surface area contributed by atoms with Gasteiger partial charge in [-0.2, -0.15) is 4.98 Å². The lowest BCUT2D eigenvalue weighted by Gasteiger charge is -2.32. The molecule has 1 N–H and O–H groups in total. The maximum absolute atomic E-state index is 14.1. The number of aromatic nitrogens is 2. The van der Waals surface area contributed by atoms with Crippen molar-refractivity contribution in [1.29, 1.82) is 0 Å². The Balaban J connectivity index is 1.43. The predicted molar refractivity (Wildman–Crippen MR) is 193 cm³/mol. The van der Waals surface area contributed by atoms with Crippen molar-refractivity contribution in [3.63, 3.8) is 0 Å². The lowest BCUT2D eigenvalue weighted by Crippen LogP contribution is -2.45. The molecule has 0 aliphatic carbocycles. The quantitative estimate of drug-likeness (QED) is 0.174. The fourth-order valence-electron chi connectivity index (χ4n) is 5.85. The number of amides is 1. The van der Waals surface area contributed by atoms with E-state index in [1.807, 2.05) is 32.9 Å². The van der Waals surface area contributed by atoms with Crippen LogP contribution >= 0.6 is 0 Å². The maximum atomic E-state index is 14.1. The van der Waals surface area contributed by atoms with Crippen LogP contribution in [0.25, 0.3) is 0 Å². The maximum Gasteiger partial charge on any atom is 0.425 e. The zero-order chi connectivity index (χ0) is 35.8. The number of hydrogen-bond donors (Lipinski definition) is 1. The number of nitrogens with one attached hydrogen (secondary N) is 1. The summed E-state index contributed by atoms with van der Waals surface area (Å²) in [5, 5.41) is 3.22. The molecule has 1 saturated heterocycles. The van der Waals surface area contributed by atoms with Gasteiger partial charge in [-0.15, -0.1) is 0 Å². The molecule has 2 heterocycles. The van der Waals surface area contributed by atoms with Gasteiger partial charge in [0.05, 0.1) is 34.1 Å². The van der Waals surface area contributed by atoms with E-state index in [0.717, 1.165) is 49.4 Å². The molecule has 13 nitrogen and oxygen atoms in total. The zero-order valence-corrected chi connectivity index (χ0v) is 30.0. The number of benzene rings is 3. The Hall–Kier alpha value is -5.27. The van der Waals surface area contributed by atoms with Crippen LogP contribution in [0.4, 0.5) is 27.9 Å². The zero-order valence-electron chi connectivity index (χ0n) is 30.0. The third kappa shape index (κ3) is 8.47. The first-order valence-electron chi connectivity index (χ1n) is 16.4. The summed E-state index contributed by atoms with van der Waals surface area (Å²) in [6.07, 6.45) is 0.864. The number of nitrogens with zero attached hydrogens (tertiary/aromatic N) is 5. The number of carbonyl (C=O) groups excluding carboxylic acids is 1. The van der Waals surface area contributed by atoms with E-state index in [-0.39, 0.29) is 11.8 Å². The van der Waals surface area contributed by atoms with E-state index in [9.17, 15) is 4.79 Å². The van der Waals surface area contributed by atoms with Gasteiger partial charge in [-0.05, 0) is 51.1 Å². The van der Waals surface area contributed by atoms with Crippen molar-refractivity contribution in [2.45, 2.75) is 20.8 Å². The molecule has 3 aromatic carbocycles. The lowest BCUT2D eigenvalue weighted by atomic mass is 10.1. The average Bonchev–Trinajstić information content (AvgIpc) is 3.11. The number of piperazine rings is 1. The highest BCUT2D eigenvalue weighted by Gasteiger charge is 2.27. The number of methoxy groups -OCH3 is 4. The van der Waals surface area contributed by atoms with Gasteiger partial charge in [-0.25, -0.2) is 14.7 Å². The monoisotopic (exact) mass is 686 g/mol. The molecule has 0 atom stereocenters. The predicted octanol–water partition coefficient (Wildman–Crippen LogP) is 6.14. The van der Waals surface area contributed by atoms with Crippen LogP contribution in [0.2, 0.25) is 0 Å². The standard InChI is InChI=1S/C37H46N6O7/c1-24-19-25(2)34(26(3)20-24)50-37(44)43(29-10-9-28(45-5)23-30(29)46-6)33-11-12-38-36(40-33)39-27-21-31(47-7)35(32(22-27)48-8)49-18-17-42-15-13-41(4)14-16-42/h9-12,19-23H,13-18H2,1-8H3,(H,38,39,40). The molecule has 13 heteroatoms. The SMILES string of the molecule is COc1ccc(N(C(=O)Oc2c(C)cc(C)cc2C)c2ccnc(Nc3cc(OC)c(OCCN4CCN(C)CC4)c(OC)c3)n2)c(OC)c1. The minimum Gasteiger partial charge on any atom is -0.497 e. The summed E-state index contributed by atoms with van der Waals surface area (Å²) < 4.78 is 34.7. The third-order valence-electron chi connectivity index (χ3n) is 8.44. The van der Waals surface area contributed by atoms with Crippen molar-refractivity contribution in [3.05, 3.63) is 71.4 Å². The minimum atomic E-state index is -0.686. The number of anilines is 4. The Morgan fingerprint density at radius 2 is 1.48 bits per heavy atom. The van der Waals surface area contributed by atoms with Crippen LogP contribution in [0.15, 0.2) is 54.7 Å². The molecule has 0 unspecified atom stereocenters. The fourth-order valence-corrected chi connectivity index (χ4v) is 5.85. The molecule has 0 bridgehead atoms. The van der Waals surface area contributed by atoms with Gasteiger partial charge in [0.15, 0.2) is 11.5 Å². The first kappa shape index (κ1) is 36.0. The summed E-state index contributed by atoms with van der Waals surface area (Å²) in [5.41, 5.74) is 3.71. The number of aryl methyl sites for hydroxylation is 3. The Labute approximate surface area is 293 Å². The topological polar surface area (TPSA) is 120 Å². The van der Waals surface area contributed by atoms with Crippen LogP contribution in [0.5, 0.6) is 34.5 Å². The summed E-state index contributed by atoms with van der Waals surface area (Å²) in [7, 11) is 8.36. The van der Waals surface area contributed by atoms with Crippen LogP contribution < -0.4 is 38.6 Å². The van der Waals surface area contributed by atoms with E-state index in [0.29, 0.717) is 52.5 Å². The summed E-state index contributed by atoms with van der Waals surface area (Å²) in [6, 6.07) is 14.2. The molecular formula is C37H46N6O7. The Kier molecular flexibility index (Phi) is 11.8. The van der Waals surface area contributed by atoms with E-state index >= 15 is 0 Å². The molecule has 4 aromatic rings. The van der Waals surface area contributed by atoms with Crippen LogP contribution in [0, 0.1) is 20.8 Å². The summed E-state index contributed by atoms with van der Waals surface area (Å²) >= 11 is 0. The van der Waals surface area contributed by atoms with Gasteiger partial charge in [0.25, 0.3) is 0 Å². The smallest absolute Gasteiger partial charge is 0.425 e. The van der Waals surface area contributed by atoms with Crippen LogP contribution in [0.3, 0.4) is 0 Å². The molecule has 1 amide bonds. The number of rotatable bonds is 13. The number of hydrogen-bond acceptors (Lipinski definition) is 12. The van der Waals surface area contributed by atoms with Crippen LogP contribution in [-0.4, -0.2) is 101 Å². The largest absolute Gasteiger partial charge is 0.497 e. The van der Waals surface area contributed by atoms with Crippen LogP contribution in [-0.2, 0) is 0 Å².